The molecule has 0 amide bonds. The number of hydrogen-bond acceptors (Lipinski definition) is 5. The summed E-state index contributed by atoms with van der Waals surface area (Å²) in [7, 11) is -6.47. The van der Waals surface area contributed by atoms with Crippen LogP contribution in [0, 0.1) is 5.92 Å². The summed E-state index contributed by atoms with van der Waals surface area (Å²) < 4.78 is 39.4. The molecule has 0 heterocycles. The third kappa shape index (κ3) is 8.11. The van der Waals surface area contributed by atoms with Gasteiger partial charge in [0.05, 0.1) is 18.1 Å². The molecule has 7 heteroatoms. The molecule has 0 fully saturated rings. The molecule has 1 atom stereocenters. The van der Waals surface area contributed by atoms with E-state index in [9.17, 15) is 13.2 Å². The zero-order chi connectivity index (χ0) is 26.7. The van der Waals surface area contributed by atoms with Crippen molar-refractivity contribution in [2.45, 2.75) is 31.5 Å². The molecule has 0 N–H and O–H groups in total. The van der Waals surface area contributed by atoms with Crippen molar-refractivity contribution in [3.05, 3.63) is 119 Å². The van der Waals surface area contributed by atoms with Crippen molar-refractivity contribution in [3.63, 3.8) is 0 Å². The van der Waals surface area contributed by atoms with Crippen LogP contribution in [0.3, 0.4) is 0 Å². The fraction of sp³-hybridized carbons (Fsp3) is 0.233. The van der Waals surface area contributed by atoms with Gasteiger partial charge in [-0.05, 0) is 17.7 Å². The second-order valence-electron chi connectivity index (χ2n) is 9.23. The van der Waals surface area contributed by atoms with Gasteiger partial charge in [-0.1, -0.05) is 115 Å². The van der Waals surface area contributed by atoms with Crippen molar-refractivity contribution in [1.29, 1.82) is 0 Å². The predicted octanol–water partition coefficient (Wildman–Crippen LogP) is 5.45. The van der Waals surface area contributed by atoms with Crippen LogP contribution >= 0.6 is 0 Å². The highest BCUT2D eigenvalue weighted by atomic mass is 32.2. The van der Waals surface area contributed by atoms with Gasteiger partial charge in [-0.2, -0.15) is 0 Å². The van der Waals surface area contributed by atoms with E-state index in [1.165, 1.54) is 6.92 Å². The Morgan fingerprint density at radius 1 is 0.892 bits per heavy atom. The van der Waals surface area contributed by atoms with Crippen LogP contribution in [0.1, 0.15) is 12.5 Å². The maximum atomic E-state index is 14.0. The van der Waals surface area contributed by atoms with Crippen LogP contribution in [0.25, 0.3) is 0 Å². The number of esters is 1. The minimum atomic E-state index is -3.79. The molecule has 0 bridgehead atoms. The first-order valence-electron chi connectivity index (χ1n) is 12.2. The average molecular weight is 535 g/mol. The van der Waals surface area contributed by atoms with E-state index in [-0.39, 0.29) is 11.5 Å². The summed E-state index contributed by atoms with van der Waals surface area (Å²) in [4.78, 5) is 11.9. The second kappa shape index (κ2) is 13.3. The lowest BCUT2D eigenvalue weighted by molar-refractivity contribution is -0.141. The Balaban J connectivity index is 1.96. The van der Waals surface area contributed by atoms with E-state index < -0.39 is 29.8 Å². The third-order valence-corrected chi connectivity index (χ3v) is 13.1. The number of benzene rings is 3. The van der Waals surface area contributed by atoms with E-state index in [4.69, 9.17) is 9.47 Å². The fourth-order valence-electron chi connectivity index (χ4n) is 3.97. The van der Waals surface area contributed by atoms with Crippen LogP contribution in [0.2, 0.25) is 13.1 Å². The molecule has 0 saturated carbocycles. The Morgan fingerprint density at radius 3 is 2.05 bits per heavy atom. The first-order valence-corrected chi connectivity index (χ1v) is 16.7. The highest BCUT2D eigenvalue weighted by Crippen LogP contribution is 2.29. The Kier molecular flexibility index (Phi) is 10.2. The molecule has 3 aromatic carbocycles. The standard InChI is InChI=1S/C30H34O5SSi/c1-25(31)35-24-27(16-13-21-34-23-26-14-7-4-8-15-26)22-30(36(32,33)28-17-9-5-10-18-28)37(2,3)29-19-11-6-12-20-29/h4-20,22,27H,21,23-24H2,1-3H3/b16-13+,30-22+/t27-/m0/s1. The van der Waals surface area contributed by atoms with E-state index in [1.54, 1.807) is 36.4 Å². The van der Waals surface area contributed by atoms with E-state index >= 15 is 0 Å². The number of rotatable bonds is 12. The Hall–Kier alpha value is -3.26. The predicted molar refractivity (Wildman–Crippen MR) is 151 cm³/mol. The molecule has 0 aliphatic rings. The molecule has 194 valence electrons. The number of hydrogen-bond donors (Lipinski definition) is 0. The van der Waals surface area contributed by atoms with E-state index in [2.05, 4.69) is 0 Å². The van der Waals surface area contributed by atoms with Crippen LogP contribution in [-0.4, -0.2) is 35.7 Å². The molecule has 3 aromatic rings. The molecule has 0 aliphatic heterocycles. The summed E-state index contributed by atoms with van der Waals surface area (Å²) in [5, 5.41) is 1.00. The van der Waals surface area contributed by atoms with Crippen molar-refractivity contribution in [2.75, 3.05) is 13.2 Å². The molecular formula is C30H34O5SSi. The molecule has 5 nitrogen and oxygen atoms in total. The molecule has 0 unspecified atom stereocenters. The fourth-order valence-corrected chi connectivity index (χ4v) is 10.4. The van der Waals surface area contributed by atoms with Gasteiger partial charge >= 0.3 is 5.97 Å². The SMILES string of the molecule is CC(=O)OC[C@H](/C=C(/[Si](C)(C)c1ccccc1)S(=O)(=O)c1ccccc1)/C=C/COCc1ccccc1. The minimum absolute atomic E-state index is 0.0393. The van der Waals surface area contributed by atoms with E-state index in [1.807, 2.05) is 85.9 Å². The number of carbonyl (C=O) groups is 1. The van der Waals surface area contributed by atoms with Gasteiger partial charge in [0, 0.05) is 17.4 Å². The lowest BCUT2D eigenvalue weighted by Gasteiger charge is -2.28. The van der Waals surface area contributed by atoms with Gasteiger partial charge in [-0.25, -0.2) is 8.42 Å². The molecule has 0 saturated heterocycles. The zero-order valence-corrected chi connectivity index (χ0v) is 23.4. The van der Waals surface area contributed by atoms with Crippen LogP contribution in [0.4, 0.5) is 0 Å². The molecule has 0 aromatic heterocycles. The summed E-state index contributed by atoms with van der Waals surface area (Å²) in [5.41, 5.74) is 1.07. The first-order chi connectivity index (χ1) is 17.7. The second-order valence-corrected chi connectivity index (χ2v) is 15.9. The lowest BCUT2D eigenvalue weighted by atomic mass is 10.1. The van der Waals surface area contributed by atoms with Gasteiger partial charge in [-0.3, -0.25) is 4.79 Å². The van der Waals surface area contributed by atoms with Crippen molar-refractivity contribution < 1.29 is 22.7 Å². The lowest BCUT2D eigenvalue weighted by Crippen LogP contribution is -2.46. The minimum Gasteiger partial charge on any atom is -0.465 e. The van der Waals surface area contributed by atoms with E-state index in [0.717, 1.165) is 10.8 Å². The van der Waals surface area contributed by atoms with Gasteiger partial charge in [0.2, 0.25) is 0 Å². The van der Waals surface area contributed by atoms with E-state index in [0.29, 0.717) is 17.7 Å². The number of ether oxygens (including phenoxy) is 2. The van der Waals surface area contributed by atoms with Gasteiger partial charge in [0.1, 0.15) is 14.7 Å². The molecular weight excluding hydrogens is 500 g/mol. The van der Waals surface area contributed by atoms with Crippen molar-refractivity contribution in [3.8, 4) is 0 Å². The third-order valence-electron chi connectivity index (χ3n) is 6.01. The summed E-state index contributed by atoms with van der Waals surface area (Å²) in [6.07, 6.45) is 5.46. The summed E-state index contributed by atoms with van der Waals surface area (Å²) in [5.74, 6) is -0.854. The van der Waals surface area contributed by atoms with Gasteiger partial charge in [0.25, 0.3) is 0 Å². The van der Waals surface area contributed by atoms with Crippen LogP contribution < -0.4 is 5.19 Å². The highest BCUT2D eigenvalue weighted by Gasteiger charge is 2.38. The largest absolute Gasteiger partial charge is 0.465 e. The van der Waals surface area contributed by atoms with Crippen LogP contribution in [0.15, 0.2) is 119 Å². The normalized spacial score (nSPS) is 13.4. The molecule has 0 radical (unpaired) electrons. The van der Waals surface area contributed by atoms with Crippen LogP contribution in [-0.2, 0) is 30.7 Å². The van der Waals surface area contributed by atoms with Gasteiger partial charge in [0.15, 0.2) is 9.84 Å². The quantitative estimate of drug-likeness (QED) is 0.134. The molecule has 37 heavy (non-hydrogen) atoms. The molecule has 0 aliphatic carbocycles. The summed E-state index contributed by atoms with van der Waals surface area (Å²) >= 11 is 0. The number of sulfone groups is 1. The topological polar surface area (TPSA) is 69.7 Å². The Morgan fingerprint density at radius 2 is 1.46 bits per heavy atom. The maximum Gasteiger partial charge on any atom is 0.302 e. The summed E-state index contributed by atoms with van der Waals surface area (Å²) in [6, 6.07) is 28.1. The van der Waals surface area contributed by atoms with Crippen molar-refractivity contribution >= 4 is 29.1 Å². The number of carbonyl (C=O) groups excluding carboxylic acids is 1. The summed E-state index contributed by atoms with van der Waals surface area (Å²) in [6.45, 7) is 6.26. The Bertz CT molecular complexity index is 1300. The van der Waals surface area contributed by atoms with Crippen molar-refractivity contribution in [1.82, 2.24) is 0 Å². The first kappa shape index (κ1) is 28.3. The van der Waals surface area contributed by atoms with Gasteiger partial charge in [-0.15, -0.1) is 0 Å². The van der Waals surface area contributed by atoms with Crippen molar-refractivity contribution in [2.24, 2.45) is 5.92 Å². The monoisotopic (exact) mass is 534 g/mol. The highest BCUT2D eigenvalue weighted by molar-refractivity contribution is 7.98. The zero-order valence-electron chi connectivity index (χ0n) is 21.5. The van der Waals surface area contributed by atoms with Crippen LogP contribution in [0.5, 0.6) is 0 Å². The van der Waals surface area contributed by atoms with Gasteiger partial charge < -0.3 is 9.47 Å². The molecule has 3 rings (SSSR count). The average Bonchev–Trinajstić information content (AvgIpc) is 2.90. The maximum absolute atomic E-state index is 14.0. The Labute approximate surface area is 221 Å². The molecule has 0 spiro atoms. The smallest absolute Gasteiger partial charge is 0.302 e.